The van der Waals surface area contributed by atoms with Crippen molar-refractivity contribution in [1.82, 2.24) is 0 Å². The van der Waals surface area contributed by atoms with Gasteiger partial charge in [0.05, 0.1) is 11.7 Å². The van der Waals surface area contributed by atoms with E-state index in [1.54, 1.807) is 0 Å². The van der Waals surface area contributed by atoms with Crippen molar-refractivity contribution in [3.05, 3.63) is 58.1 Å². The summed E-state index contributed by atoms with van der Waals surface area (Å²) in [6.45, 7) is 3.61. The number of aryl methyl sites for hydroxylation is 2. The van der Waals surface area contributed by atoms with Gasteiger partial charge < -0.3 is 20.0 Å². The first-order chi connectivity index (χ1) is 10.8. The molecule has 120 valence electrons. The molecule has 1 amide bonds. The summed E-state index contributed by atoms with van der Waals surface area (Å²) in [6.07, 6.45) is 0. The summed E-state index contributed by atoms with van der Waals surface area (Å²) < 4.78 is 5.42. The summed E-state index contributed by atoms with van der Waals surface area (Å²) >= 11 is 5.82. The van der Waals surface area contributed by atoms with E-state index in [0.717, 1.165) is 11.1 Å². The summed E-state index contributed by atoms with van der Waals surface area (Å²) in [7, 11) is 0. The normalized spacial score (nSPS) is 10.2. The molecule has 0 bridgehead atoms. The zero-order chi connectivity index (χ0) is 17.0. The number of hydrogen-bond donors (Lipinski definition) is 1. The lowest BCUT2D eigenvalue weighted by molar-refractivity contribution is -0.254. The van der Waals surface area contributed by atoms with Gasteiger partial charge in [-0.15, -0.1) is 0 Å². The van der Waals surface area contributed by atoms with Crippen LogP contribution in [0.5, 0.6) is 5.75 Å². The molecule has 2 rings (SSSR count). The van der Waals surface area contributed by atoms with Gasteiger partial charge in [0.1, 0.15) is 5.75 Å². The Bertz CT molecular complexity index is 738. The van der Waals surface area contributed by atoms with Gasteiger partial charge in [0.15, 0.2) is 6.61 Å². The van der Waals surface area contributed by atoms with Gasteiger partial charge in [-0.2, -0.15) is 0 Å². The molecule has 0 unspecified atom stereocenters. The second-order valence-electron chi connectivity index (χ2n) is 5.14. The van der Waals surface area contributed by atoms with Crippen LogP contribution < -0.4 is 15.2 Å². The maximum Gasteiger partial charge on any atom is 0.262 e. The van der Waals surface area contributed by atoms with Crippen LogP contribution in [-0.2, 0) is 4.79 Å². The van der Waals surface area contributed by atoms with Crippen LogP contribution in [0.2, 0.25) is 5.02 Å². The Morgan fingerprint density at radius 2 is 1.78 bits per heavy atom. The summed E-state index contributed by atoms with van der Waals surface area (Å²) in [6, 6.07) is 9.65. The Hall–Kier alpha value is -2.53. The quantitative estimate of drug-likeness (QED) is 0.911. The Labute approximate surface area is 138 Å². The van der Waals surface area contributed by atoms with Crippen molar-refractivity contribution < 1.29 is 19.4 Å². The van der Waals surface area contributed by atoms with E-state index in [2.05, 4.69) is 5.32 Å². The first-order valence-electron chi connectivity index (χ1n) is 6.87. The van der Waals surface area contributed by atoms with Crippen LogP contribution in [0.25, 0.3) is 0 Å². The van der Waals surface area contributed by atoms with Crippen LogP contribution in [0.3, 0.4) is 0 Å². The van der Waals surface area contributed by atoms with E-state index in [1.165, 1.54) is 18.2 Å². The molecule has 0 saturated heterocycles. The average molecular weight is 333 g/mol. The highest BCUT2D eigenvalue weighted by molar-refractivity contribution is 6.31. The number of carboxylic acids is 1. The number of carboxylic acid groups (broad SMARTS) is 1. The highest BCUT2D eigenvalue weighted by atomic mass is 35.5. The Kier molecular flexibility index (Phi) is 5.24. The Morgan fingerprint density at radius 3 is 2.39 bits per heavy atom. The molecule has 0 aliphatic heterocycles. The number of nitrogens with one attached hydrogen (secondary N) is 1. The molecular formula is C17H15ClNO4-. The molecule has 23 heavy (non-hydrogen) atoms. The first-order valence-corrected chi connectivity index (χ1v) is 7.25. The van der Waals surface area contributed by atoms with Crippen LogP contribution in [0, 0.1) is 13.8 Å². The number of carbonyl (C=O) groups excluding carboxylic acids is 2. The van der Waals surface area contributed by atoms with E-state index < -0.39 is 11.9 Å². The maximum absolute atomic E-state index is 11.9. The Balaban J connectivity index is 2.05. The molecular weight excluding hydrogens is 318 g/mol. The van der Waals surface area contributed by atoms with Gasteiger partial charge in [0, 0.05) is 10.6 Å². The standard InChI is InChI=1S/C17H16ClNO4/c1-10-5-11(2)7-13(6-10)23-9-16(20)19-15-8-12(18)3-4-14(15)17(21)22/h3-8H,9H2,1-2H3,(H,19,20)(H,21,22)/p-1. The summed E-state index contributed by atoms with van der Waals surface area (Å²) in [5.41, 5.74) is 1.98. The van der Waals surface area contributed by atoms with Gasteiger partial charge in [0.25, 0.3) is 5.91 Å². The fourth-order valence-electron chi connectivity index (χ4n) is 2.15. The number of benzene rings is 2. The molecule has 0 aromatic heterocycles. The van der Waals surface area contributed by atoms with Crippen molar-refractivity contribution >= 4 is 29.2 Å². The third-order valence-corrected chi connectivity index (χ3v) is 3.28. The number of aromatic carboxylic acids is 1. The fourth-order valence-corrected chi connectivity index (χ4v) is 2.32. The van der Waals surface area contributed by atoms with Crippen molar-refractivity contribution in [2.45, 2.75) is 13.8 Å². The van der Waals surface area contributed by atoms with Crippen LogP contribution in [0.15, 0.2) is 36.4 Å². The van der Waals surface area contributed by atoms with E-state index in [4.69, 9.17) is 16.3 Å². The first kappa shape index (κ1) is 16.8. The van der Waals surface area contributed by atoms with Crippen molar-refractivity contribution in [2.24, 2.45) is 0 Å². The van der Waals surface area contributed by atoms with Crippen LogP contribution in [0.1, 0.15) is 21.5 Å². The minimum atomic E-state index is -1.40. The number of hydrogen-bond acceptors (Lipinski definition) is 4. The second-order valence-corrected chi connectivity index (χ2v) is 5.57. The molecule has 0 atom stereocenters. The molecule has 2 aromatic rings. The number of anilines is 1. The molecule has 5 nitrogen and oxygen atoms in total. The van der Waals surface area contributed by atoms with Crippen LogP contribution in [-0.4, -0.2) is 18.5 Å². The summed E-state index contributed by atoms with van der Waals surface area (Å²) in [5, 5.41) is 13.8. The third kappa shape index (κ3) is 4.72. The van der Waals surface area contributed by atoms with Gasteiger partial charge in [-0.05, 0) is 55.3 Å². The minimum absolute atomic E-state index is 0.0755. The highest BCUT2D eigenvalue weighted by Gasteiger charge is 2.09. The maximum atomic E-state index is 11.9. The monoisotopic (exact) mass is 332 g/mol. The van der Waals surface area contributed by atoms with Gasteiger partial charge >= 0.3 is 0 Å². The fraction of sp³-hybridized carbons (Fsp3) is 0.176. The average Bonchev–Trinajstić information content (AvgIpc) is 2.44. The predicted octanol–water partition coefficient (Wildman–Crippen LogP) is 2.34. The van der Waals surface area contributed by atoms with Crippen LogP contribution in [0.4, 0.5) is 5.69 Å². The zero-order valence-corrected chi connectivity index (χ0v) is 13.4. The van der Waals surface area contributed by atoms with Crippen molar-refractivity contribution in [3.8, 4) is 5.75 Å². The highest BCUT2D eigenvalue weighted by Crippen LogP contribution is 2.21. The minimum Gasteiger partial charge on any atom is -0.545 e. The van der Waals surface area contributed by atoms with E-state index in [0.29, 0.717) is 10.8 Å². The number of amides is 1. The van der Waals surface area contributed by atoms with E-state index >= 15 is 0 Å². The predicted molar refractivity (Wildman–Crippen MR) is 85.8 cm³/mol. The van der Waals surface area contributed by atoms with Gasteiger partial charge in [0.2, 0.25) is 0 Å². The van der Waals surface area contributed by atoms with Gasteiger partial charge in [-0.25, -0.2) is 0 Å². The largest absolute Gasteiger partial charge is 0.545 e. The number of halogens is 1. The molecule has 0 saturated carbocycles. The topological polar surface area (TPSA) is 78.5 Å². The van der Waals surface area contributed by atoms with Gasteiger partial charge in [-0.1, -0.05) is 17.7 Å². The van der Waals surface area contributed by atoms with Crippen LogP contribution >= 0.6 is 11.6 Å². The second kappa shape index (κ2) is 7.15. The number of ether oxygens (including phenoxy) is 1. The molecule has 6 heteroatoms. The summed E-state index contributed by atoms with van der Waals surface area (Å²) in [5.74, 6) is -1.31. The van der Waals surface area contributed by atoms with Crippen molar-refractivity contribution in [2.75, 3.05) is 11.9 Å². The third-order valence-electron chi connectivity index (χ3n) is 3.04. The Morgan fingerprint density at radius 1 is 1.13 bits per heavy atom. The lowest BCUT2D eigenvalue weighted by Crippen LogP contribution is -2.26. The molecule has 0 heterocycles. The molecule has 0 aliphatic rings. The molecule has 2 aromatic carbocycles. The molecule has 0 spiro atoms. The van der Waals surface area contributed by atoms with Crippen molar-refractivity contribution in [3.63, 3.8) is 0 Å². The van der Waals surface area contributed by atoms with E-state index in [1.807, 2.05) is 32.0 Å². The van der Waals surface area contributed by atoms with E-state index in [-0.39, 0.29) is 17.9 Å². The lowest BCUT2D eigenvalue weighted by Gasteiger charge is -2.13. The zero-order valence-electron chi connectivity index (χ0n) is 12.7. The molecule has 0 radical (unpaired) electrons. The summed E-state index contributed by atoms with van der Waals surface area (Å²) in [4.78, 5) is 23.0. The van der Waals surface area contributed by atoms with Gasteiger partial charge in [-0.3, -0.25) is 4.79 Å². The molecule has 0 fully saturated rings. The lowest BCUT2D eigenvalue weighted by atomic mass is 10.1. The smallest absolute Gasteiger partial charge is 0.262 e. The number of rotatable bonds is 5. The molecule has 0 aliphatic carbocycles. The van der Waals surface area contributed by atoms with E-state index in [9.17, 15) is 14.7 Å². The number of carbonyl (C=O) groups is 2. The molecule has 1 N–H and O–H groups in total. The van der Waals surface area contributed by atoms with Crippen molar-refractivity contribution in [1.29, 1.82) is 0 Å². The SMILES string of the molecule is Cc1cc(C)cc(OCC(=O)Nc2cc(Cl)ccc2C(=O)[O-])c1.